The number of rotatable bonds is 6. The van der Waals surface area contributed by atoms with Crippen molar-refractivity contribution in [2.75, 3.05) is 6.61 Å². The lowest BCUT2D eigenvalue weighted by atomic mass is 10.1. The number of nitrogens with zero attached hydrogens (tertiary/aromatic N) is 2. The van der Waals surface area contributed by atoms with Crippen molar-refractivity contribution in [3.05, 3.63) is 59.4 Å². The van der Waals surface area contributed by atoms with Gasteiger partial charge in [-0.3, -0.25) is 0 Å². The molecule has 1 aliphatic heterocycles. The average molecular weight is 396 g/mol. The summed E-state index contributed by atoms with van der Waals surface area (Å²) in [5, 5.41) is 19.5. The van der Waals surface area contributed by atoms with Crippen molar-refractivity contribution in [2.24, 2.45) is 0 Å². The van der Waals surface area contributed by atoms with Crippen LogP contribution in [0.15, 0.2) is 42.7 Å². The maximum Gasteiger partial charge on any atom is 0.202 e. The van der Waals surface area contributed by atoms with E-state index in [4.69, 9.17) is 9.47 Å². The number of imidazole rings is 1. The largest absolute Gasteiger partial charge is 0.463 e. The van der Waals surface area contributed by atoms with E-state index in [2.05, 4.69) is 40.7 Å². The minimum absolute atomic E-state index is 0.133. The van der Waals surface area contributed by atoms with Crippen LogP contribution < -0.4 is 4.74 Å². The molecule has 3 aromatic rings. The standard InChI is InChI=1S/C23H28N2O4/c1-3-16-4-6-17(7-5-16)12-25-14-24-20-8-15(2)9-21(23(20)25)29-22-11-18(27)10-19(13-26)28-22/h4-9,14,18-19,22,26-27H,3,10-13H2,1-2H3/t18-,19-,22-/m0/s1. The predicted octanol–water partition coefficient (Wildman–Crippen LogP) is 3.19. The Kier molecular flexibility index (Phi) is 5.85. The topological polar surface area (TPSA) is 76.7 Å². The lowest BCUT2D eigenvalue weighted by Crippen LogP contribution is -2.40. The predicted molar refractivity (Wildman–Crippen MR) is 111 cm³/mol. The number of aryl methyl sites for hydroxylation is 2. The van der Waals surface area contributed by atoms with Crippen LogP contribution in [0.1, 0.15) is 36.5 Å². The molecule has 0 radical (unpaired) electrons. The van der Waals surface area contributed by atoms with E-state index in [0.29, 0.717) is 25.1 Å². The first-order valence-electron chi connectivity index (χ1n) is 10.2. The third-order valence-corrected chi connectivity index (χ3v) is 5.41. The monoisotopic (exact) mass is 396 g/mol. The van der Waals surface area contributed by atoms with Gasteiger partial charge in [0.1, 0.15) is 11.3 Å². The number of hydrogen-bond donors (Lipinski definition) is 2. The Morgan fingerprint density at radius 3 is 2.66 bits per heavy atom. The molecule has 4 rings (SSSR count). The lowest BCUT2D eigenvalue weighted by molar-refractivity contribution is -0.184. The van der Waals surface area contributed by atoms with Crippen LogP contribution in [0.5, 0.6) is 5.75 Å². The first-order valence-corrected chi connectivity index (χ1v) is 10.2. The molecule has 0 amide bonds. The minimum Gasteiger partial charge on any atom is -0.463 e. The molecule has 2 N–H and O–H groups in total. The average Bonchev–Trinajstić information content (AvgIpc) is 3.10. The zero-order chi connectivity index (χ0) is 20.4. The van der Waals surface area contributed by atoms with Crippen LogP contribution in [0, 0.1) is 6.92 Å². The fourth-order valence-corrected chi connectivity index (χ4v) is 3.87. The van der Waals surface area contributed by atoms with Gasteiger partial charge in [0.05, 0.1) is 30.7 Å². The number of fused-ring (bicyclic) bond motifs is 1. The van der Waals surface area contributed by atoms with Gasteiger partial charge in [-0.25, -0.2) is 4.98 Å². The second kappa shape index (κ2) is 8.53. The van der Waals surface area contributed by atoms with Gasteiger partial charge in [-0.1, -0.05) is 31.2 Å². The molecule has 29 heavy (non-hydrogen) atoms. The zero-order valence-corrected chi connectivity index (χ0v) is 16.9. The van der Waals surface area contributed by atoms with Gasteiger partial charge in [0.25, 0.3) is 0 Å². The fourth-order valence-electron chi connectivity index (χ4n) is 3.87. The first-order chi connectivity index (χ1) is 14.1. The molecular weight excluding hydrogens is 368 g/mol. The molecule has 154 valence electrons. The van der Waals surface area contributed by atoms with E-state index in [-0.39, 0.29) is 6.61 Å². The third-order valence-electron chi connectivity index (χ3n) is 5.41. The lowest BCUT2D eigenvalue weighted by Gasteiger charge is -2.32. The summed E-state index contributed by atoms with van der Waals surface area (Å²) in [6, 6.07) is 12.6. The van der Waals surface area contributed by atoms with Crippen LogP contribution in [0.25, 0.3) is 11.0 Å². The number of aromatic nitrogens is 2. The SMILES string of the molecule is CCc1ccc(Cn2cnc3cc(C)cc(O[C@H]4C[C@@H](O)C[C@@H](CO)O4)c32)cc1. The second-order valence-electron chi connectivity index (χ2n) is 7.79. The number of aliphatic hydroxyl groups excluding tert-OH is 2. The van der Waals surface area contributed by atoms with Crippen LogP contribution in [-0.4, -0.2) is 44.9 Å². The smallest absolute Gasteiger partial charge is 0.202 e. The van der Waals surface area contributed by atoms with Crippen molar-refractivity contribution in [1.29, 1.82) is 0 Å². The van der Waals surface area contributed by atoms with Crippen LogP contribution in [0.2, 0.25) is 0 Å². The van der Waals surface area contributed by atoms with Gasteiger partial charge < -0.3 is 24.3 Å². The first kappa shape index (κ1) is 19.9. The van der Waals surface area contributed by atoms with Crippen LogP contribution in [0.3, 0.4) is 0 Å². The van der Waals surface area contributed by atoms with Gasteiger partial charge in [0, 0.05) is 19.4 Å². The van der Waals surface area contributed by atoms with E-state index in [1.165, 1.54) is 11.1 Å². The maximum absolute atomic E-state index is 10.1. The summed E-state index contributed by atoms with van der Waals surface area (Å²) < 4.78 is 14.0. The highest BCUT2D eigenvalue weighted by Gasteiger charge is 2.30. The number of aliphatic hydroxyl groups is 2. The minimum atomic E-state index is -0.604. The Hall–Kier alpha value is -2.41. The molecule has 0 unspecified atom stereocenters. The number of hydrogen-bond acceptors (Lipinski definition) is 5. The van der Waals surface area contributed by atoms with E-state index in [9.17, 15) is 10.2 Å². The van der Waals surface area contributed by atoms with Gasteiger partial charge in [0.2, 0.25) is 6.29 Å². The molecular formula is C23H28N2O4. The van der Waals surface area contributed by atoms with Gasteiger partial charge >= 0.3 is 0 Å². The molecule has 6 heteroatoms. The van der Waals surface area contributed by atoms with Gasteiger partial charge in [-0.05, 0) is 42.2 Å². The van der Waals surface area contributed by atoms with Gasteiger partial charge in [-0.15, -0.1) is 0 Å². The third kappa shape index (κ3) is 4.45. The molecule has 1 aliphatic rings. The Labute approximate surface area is 170 Å². The number of ether oxygens (including phenoxy) is 2. The van der Waals surface area contributed by atoms with Crippen molar-refractivity contribution in [3.63, 3.8) is 0 Å². The Balaban J connectivity index is 1.63. The molecule has 0 aliphatic carbocycles. The van der Waals surface area contributed by atoms with Crippen molar-refractivity contribution in [1.82, 2.24) is 9.55 Å². The van der Waals surface area contributed by atoms with E-state index in [0.717, 1.165) is 23.0 Å². The fraction of sp³-hybridized carbons (Fsp3) is 0.435. The normalized spacial score (nSPS) is 22.1. The molecule has 3 atom stereocenters. The summed E-state index contributed by atoms with van der Waals surface area (Å²) in [6.07, 6.45) is 2.09. The summed E-state index contributed by atoms with van der Waals surface area (Å²) in [6.45, 7) is 4.71. The maximum atomic E-state index is 10.1. The molecule has 6 nitrogen and oxygen atoms in total. The molecule has 0 bridgehead atoms. The highest BCUT2D eigenvalue weighted by molar-refractivity contribution is 5.83. The Morgan fingerprint density at radius 1 is 1.17 bits per heavy atom. The van der Waals surface area contributed by atoms with Crippen LogP contribution in [0.4, 0.5) is 0 Å². The summed E-state index contributed by atoms with van der Waals surface area (Å²) >= 11 is 0. The van der Waals surface area contributed by atoms with E-state index >= 15 is 0 Å². The van der Waals surface area contributed by atoms with Crippen LogP contribution in [-0.2, 0) is 17.7 Å². The Morgan fingerprint density at radius 2 is 1.93 bits per heavy atom. The summed E-state index contributed by atoms with van der Waals surface area (Å²) in [5.74, 6) is 0.679. The zero-order valence-electron chi connectivity index (χ0n) is 16.9. The van der Waals surface area contributed by atoms with E-state index in [1.54, 1.807) is 0 Å². The molecule has 0 spiro atoms. The molecule has 1 saturated heterocycles. The molecule has 2 heterocycles. The molecule has 2 aromatic carbocycles. The second-order valence-corrected chi connectivity index (χ2v) is 7.79. The quantitative estimate of drug-likeness (QED) is 0.669. The van der Waals surface area contributed by atoms with Gasteiger partial charge in [0.15, 0.2) is 0 Å². The van der Waals surface area contributed by atoms with E-state index < -0.39 is 18.5 Å². The highest BCUT2D eigenvalue weighted by Crippen LogP contribution is 2.31. The van der Waals surface area contributed by atoms with Crippen molar-refractivity contribution in [2.45, 2.75) is 58.2 Å². The number of benzene rings is 2. The molecule has 1 aromatic heterocycles. The molecule has 0 saturated carbocycles. The molecule has 1 fully saturated rings. The highest BCUT2D eigenvalue weighted by atomic mass is 16.7. The summed E-state index contributed by atoms with van der Waals surface area (Å²) in [7, 11) is 0. The van der Waals surface area contributed by atoms with Gasteiger partial charge in [-0.2, -0.15) is 0 Å². The van der Waals surface area contributed by atoms with Crippen molar-refractivity contribution < 1.29 is 19.7 Å². The van der Waals surface area contributed by atoms with Crippen molar-refractivity contribution in [3.8, 4) is 5.75 Å². The van der Waals surface area contributed by atoms with Crippen LogP contribution >= 0.6 is 0 Å². The van der Waals surface area contributed by atoms with Crippen molar-refractivity contribution >= 4 is 11.0 Å². The summed E-state index contributed by atoms with van der Waals surface area (Å²) in [5.41, 5.74) is 5.31. The summed E-state index contributed by atoms with van der Waals surface area (Å²) in [4.78, 5) is 4.56. The van der Waals surface area contributed by atoms with E-state index in [1.807, 2.05) is 25.4 Å². The Bertz CT molecular complexity index is 967.